The van der Waals surface area contributed by atoms with Crippen molar-refractivity contribution in [1.82, 2.24) is 9.62 Å². The first-order chi connectivity index (χ1) is 7.99. The maximum absolute atomic E-state index is 12.2. The lowest BCUT2D eigenvalue weighted by atomic mass is 10.0. The van der Waals surface area contributed by atoms with Crippen LogP contribution in [0.2, 0.25) is 0 Å². The molecular formula is C12H26N2O2S. The molecule has 0 aromatic carbocycles. The lowest BCUT2D eigenvalue weighted by molar-refractivity contribution is 0.315. The van der Waals surface area contributed by atoms with Gasteiger partial charge in [-0.1, -0.05) is 20.8 Å². The van der Waals surface area contributed by atoms with Gasteiger partial charge in [-0.3, -0.25) is 0 Å². The number of rotatable bonds is 7. The van der Waals surface area contributed by atoms with Crippen LogP contribution < -0.4 is 5.32 Å². The van der Waals surface area contributed by atoms with Gasteiger partial charge in [-0.2, -0.15) is 4.31 Å². The van der Waals surface area contributed by atoms with Gasteiger partial charge in [-0.25, -0.2) is 8.42 Å². The predicted molar refractivity (Wildman–Crippen MR) is 71.5 cm³/mol. The monoisotopic (exact) mass is 262 g/mol. The fourth-order valence-electron chi connectivity index (χ4n) is 2.40. The van der Waals surface area contributed by atoms with Gasteiger partial charge in [0, 0.05) is 19.1 Å². The molecule has 0 saturated carbocycles. The van der Waals surface area contributed by atoms with Gasteiger partial charge >= 0.3 is 0 Å². The second-order valence-electron chi connectivity index (χ2n) is 5.13. The Bertz CT molecular complexity index is 314. The van der Waals surface area contributed by atoms with Crippen LogP contribution in [0.1, 0.15) is 40.0 Å². The van der Waals surface area contributed by atoms with Crippen molar-refractivity contribution in [1.29, 1.82) is 0 Å². The molecule has 0 bridgehead atoms. The van der Waals surface area contributed by atoms with Crippen molar-refractivity contribution >= 4 is 10.0 Å². The average molecular weight is 262 g/mol. The first kappa shape index (κ1) is 14.9. The van der Waals surface area contributed by atoms with Crippen LogP contribution in [0.4, 0.5) is 0 Å². The number of nitrogens with zero attached hydrogens (tertiary/aromatic N) is 1. The van der Waals surface area contributed by atoms with E-state index in [1.165, 1.54) is 0 Å². The predicted octanol–water partition coefficient (Wildman–Crippen LogP) is 1.44. The zero-order valence-electron chi connectivity index (χ0n) is 11.3. The lowest BCUT2D eigenvalue weighted by Gasteiger charge is -2.26. The maximum atomic E-state index is 12.2. The lowest BCUT2D eigenvalue weighted by Crippen LogP contribution is -2.41. The normalized spacial score (nSPS) is 22.5. The molecule has 0 spiro atoms. The fourth-order valence-corrected chi connectivity index (χ4v) is 4.20. The summed E-state index contributed by atoms with van der Waals surface area (Å²) >= 11 is 0. The van der Waals surface area contributed by atoms with Crippen molar-refractivity contribution in [3.8, 4) is 0 Å². The van der Waals surface area contributed by atoms with Crippen molar-refractivity contribution in [2.24, 2.45) is 5.92 Å². The van der Waals surface area contributed by atoms with Gasteiger partial charge in [-0.05, 0) is 31.7 Å². The SMILES string of the molecule is CCCNCCS(=O)(=O)N1CCCC1C(C)C. The van der Waals surface area contributed by atoms with E-state index in [-0.39, 0.29) is 11.8 Å². The molecule has 1 rings (SSSR count). The molecular weight excluding hydrogens is 236 g/mol. The highest BCUT2D eigenvalue weighted by atomic mass is 32.2. The number of hydrogen-bond donors (Lipinski definition) is 1. The van der Waals surface area contributed by atoms with E-state index in [4.69, 9.17) is 0 Å². The van der Waals surface area contributed by atoms with Crippen molar-refractivity contribution in [3.63, 3.8) is 0 Å². The van der Waals surface area contributed by atoms with Crippen LogP contribution in [-0.2, 0) is 10.0 Å². The highest BCUT2D eigenvalue weighted by molar-refractivity contribution is 7.89. The molecule has 17 heavy (non-hydrogen) atoms. The molecule has 1 aliphatic heterocycles. The van der Waals surface area contributed by atoms with Crippen LogP contribution in [0.3, 0.4) is 0 Å². The highest BCUT2D eigenvalue weighted by Gasteiger charge is 2.35. The molecule has 4 nitrogen and oxygen atoms in total. The number of sulfonamides is 1. The number of nitrogens with one attached hydrogen (secondary N) is 1. The Hall–Kier alpha value is -0.130. The molecule has 1 unspecified atom stereocenters. The van der Waals surface area contributed by atoms with Gasteiger partial charge < -0.3 is 5.32 Å². The Kier molecular flexibility index (Phi) is 5.89. The Morgan fingerprint density at radius 3 is 2.65 bits per heavy atom. The third kappa shape index (κ3) is 4.23. The Morgan fingerprint density at radius 2 is 2.06 bits per heavy atom. The summed E-state index contributed by atoms with van der Waals surface area (Å²) in [5.74, 6) is 0.645. The van der Waals surface area contributed by atoms with E-state index in [9.17, 15) is 8.42 Å². The topological polar surface area (TPSA) is 49.4 Å². The van der Waals surface area contributed by atoms with Crippen molar-refractivity contribution in [2.45, 2.75) is 46.1 Å². The molecule has 1 heterocycles. The average Bonchev–Trinajstić information content (AvgIpc) is 2.74. The van der Waals surface area contributed by atoms with Crippen LogP contribution >= 0.6 is 0 Å². The van der Waals surface area contributed by atoms with Gasteiger partial charge in [0.25, 0.3) is 0 Å². The Morgan fingerprint density at radius 1 is 1.35 bits per heavy atom. The molecule has 1 atom stereocenters. The van der Waals surface area contributed by atoms with Gasteiger partial charge in [0.15, 0.2) is 0 Å². The standard InChI is InChI=1S/C12H26N2O2S/c1-4-7-13-8-10-17(15,16)14-9-5-6-12(14)11(2)3/h11-13H,4-10H2,1-3H3. The largest absolute Gasteiger partial charge is 0.316 e. The summed E-state index contributed by atoms with van der Waals surface area (Å²) in [7, 11) is -3.06. The molecule has 0 radical (unpaired) electrons. The molecule has 1 fully saturated rings. The van der Waals surface area contributed by atoms with E-state index >= 15 is 0 Å². The molecule has 0 amide bonds. The summed E-state index contributed by atoms with van der Waals surface area (Å²) in [5, 5.41) is 3.15. The van der Waals surface area contributed by atoms with E-state index in [0.717, 1.165) is 25.8 Å². The molecule has 0 aromatic rings. The minimum atomic E-state index is -3.06. The molecule has 0 aromatic heterocycles. The highest BCUT2D eigenvalue weighted by Crippen LogP contribution is 2.26. The quantitative estimate of drug-likeness (QED) is 0.706. The summed E-state index contributed by atoms with van der Waals surface area (Å²) in [5.41, 5.74) is 0. The summed E-state index contributed by atoms with van der Waals surface area (Å²) in [6.07, 6.45) is 3.06. The molecule has 1 N–H and O–H groups in total. The van der Waals surface area contributed by atoms with E-state index in [1.54, 1.807) is 4.31 Å². The van der Waals surface area contributed by atoms with Crippen LogP contribution in [0, 0.1) is 5.92 Å². The summed E-state index contributed by atoms with van der Waals surface area (Å²) in [4.78, 5) is 0. The molecule has 1 saturated heterocycles. The van der Waals surface area contributed by atoms with Crippen molar-refractivity contribution in [2.75, 3.05) is 25.4 Å². The second-order valence-corrected chi connectivity index (χ2v) is 7.17. The minimum absolute atomic E-state index is 0.214. The summed E-state index contributed by atoms with van der Waals surface area (Å²) in [6.45, 7) is 8.46. The van der Waals surface area contributed by atoms with Gasteiger partial charge in [0.1, 0.15) is 0 Å². The maximum Gasteiger partial charge on any atom is 0.215 e. The van der Waals surface area contributed by atoms with Gasteiger partial charge in [0.2, 0.25) is 10.0 Å². The van der Waals surface area contributed by atoms with E-state index in [2.05, 4.69) is 26.1 Å². The van der Waals surface area contributed by atoms with Crippen molar-refractivity contribution in [3.05, 3.63) is 0 Å². The zero-order valence-corrected chi connectivity index (χ0v) is 12.1. The van der Waals surface area contributed by atoms with E-state index < -0.39 is 10.0 Å². The fraction of sp³-hybridized carbons (Fsp3) is 1.00. The molecule has 1 aliphatic rings. The first-order valence-electron chi connectivity index (χ1n) is 6.69. The van der Waals surface area contributed by atoms with Gasteiger partial charge in [0.05, 0.1) is 5.75 Å². The Labute approximate surface area is 106 Å². The summed E-state index contributed by atoms with van der Waals surface area (Å²) in [6, 6.07) is 0.214. The summed E-state index contributed by atoms with van der Waals surface area (Å²) < 4.78 is 26.1. The Balaban J connectivity index is 2.51. The number of hydrogen-bond acceptors (Lipinski definition) is 3. The third-order valence-corrected chi connectivity index (χ3v) is 5.23. The third-order valence-electron chi connectivity index (χ3n) is 3.34. The molecule has 5 heteroatoms. The van der Waals surface area contributed by atoms with E-state index in [0.29, 0.717) is 19.0 Å². The van der Waals surface area contributed by atoms with Crippen molar-refractivity contribution < 1.29 is 8.42 Å². The van der Waals surface area contributed by atoms with Crippen LogP contribution in [0.25, 0.3) is 0 Å². The second kappa shape index (κ2) is 6.71. The van der Waals surface area contributed by atoms with Gasteiger partial charge in [-0.15, -0.1) is 0 Å². The van der Waals surface area contributed by atoms with E-state index in [1.807, 2.05) is 0 Å². The first-order valence-corrected chi connectivity index (χ1v) is 8.30. The molecule has 0 aliphatic carbocycles. The smallest absolute Gasteiger partial charge is 0.215 e. The minimum Gasteiger partial charge on any atom is -0.316 e. The van der Waals surface area contributed by atoms with Crippen LogP contribution in [0.5, 0.6) is 0 Å². The zero-order chi connectivity index (χ0) is 12.9. The van der Waals surface area contributed by atoms with Crippen LogP contribution in [-0.4, -0.2) is 44.2 Å². The van der Waals surface area contributed by atoms with Crippen LogP contribution in [0.15, 0.2) is 0 Å². The molecule has 102 valence electrons.